The molecule has 1 aliphatic heterocycles. The molecule has 0 saturated carbocycles. The normalized spacial score (nSPS) is 15.9. The Bertz CT molecular complexity index is 1280. The first-order valence-electron chi connectivity index (χ1n) is 9.59. The predicted molar refractivity (Wildman–Crippen MR) is 114 cm³/mol. The highest BCUT2D eigenvalue weighted by molar-refractivity contribution is 7.85. The molecule has 1 saturated heterocycles. The van der Waals surface area contributed by atoms with Crippen molar-refractivity contribution in [3.63, 3.8) is 0 Å². The first-order valence-corrected chi connectivity index (χ1v) is 11.6. The standard InChI is InChI=1S/C19H19ClN2O10S/c20-12-6-10-5-11(19(28)32-15(10)7-14(12)23)16(24)21-13(8-33(29,30)31)17(25)22-3-1-9(2-4-22)18(26)27/h5-7,9,13,23H,1-4,8H2,(H,21,24)(H,26,27)(H,29,30,31). The number of carbonyl (C=O) groups is 3. The number of phenols is 1. The van der Waals surface area contributed by atoms with E-state index < -0.39 is 56.8 Å². The number of piperidine rings is 1. The van der Waals surface area contributed by atoms with Crippen molar-refractivity contribution in [2.45, 2.75) is 18.9 Å². The Balaban J connectivity index is 1.86. The van der Waals surface area contributed by atoms with E-state index in [2.05, 4.69) is 5.32 Å². The molecule has 1 unspecified atom stereocenters. The molecule has 1 aromatic carbocycles. The number of likely N-dealkylation sites (tertiary alicyclic amines) is 1. The summed E-state index contributed by atoms with van der Waals surface area (Å²) < 4.78 is 37.1. The van der Waals surface area contributed by atoms with Crippen LogP contribution in [0.4, 0.5) is 0 Å². The fraction of sp³-hybridized carbons (Fsp3) is 0.368. The van der Waals surface area contributed by atoms with Gasteiger partial charge in [-0.15, -0.1) is 0 Å². The summed E-state index contributed by atoms with van der Waals surface area (Å²) >= 11 is 5.82. The molecule has 1 atom stereocenters. The molecular formula is C19H19ClN2O10S. The first-order chi connectivity index (χ1) is 15.4. The molecule has 2 heterocycles. The Morgan fingerprint density at radius 3 is 2.42 bits per heavy atom. The van der Waals surface area contributed by atoms with Crippen molar-refractivity contribution in [3.8, 4) is 5.75 Å². The van der Waals surface area contributed by atoms with Crippen molar-refractivity contribution in [2.24, 2.45) is 5.92 Å². The lowest BCUT2D eigenvalue weighted by molar-refractivity contribution is -0.146. The van der Waals surface area contributed by atoms with E-state index in [1.54, 1.807) is 0 Å². The van der Waals surface area contributed by atoms with E-state index in [-0.39, 0.29) is 47.7 Å². The highest BCUT2D eigenvalue weighted by Crippen LogP contribution is 2.28. The minimum atomic E-state index is -4.72. The fourth-order valence-corrected chi connectivity index (χ4v) is 4.29. The number of carboxylic acids is 1. The zero-order valence-corrected chi connectivity index (χ0v) is 18.4. The monoisotopic (exact) mass is 502 g/mol. The Labute approximate surface area is 191 Å². The number of aromatic hydroxyl groups is 1. The number of fused-ring (bicyclic) bond motifs is 1. The predicted octanol–water partition coefficient (Wildman–Crippen LogP) is 0.461. The Hall–Kier alpha value is -3.16. The molecule has 0 bridgehead atoms. The number of nitrogens with zero attached hydrogens (tertiary/aromatic N) is 1. The van der Waals surface area contributed by atoms with E-state index in [0.717, 1.165) is 12.1 Å². The molecule has 12 nitrogen and oxygen atoms in total. The van der Waals surface area contributed by atoms with Crippen LogP contribution in [-0.2, 0) is 19.7 Å². The van der Waals surface area contributed by atoms with Gasteiger partial charge in [-0.1, -0.05) is 11.6 Å². The van der Waals surface area contributed by atoms with Gasteiger partial charge in [0, 0.05) is 24.5 Å². The van der Waals surface area contributed by atoms with Crippen LogP contribution >= 0.6 is 11.6 Å². The molecule has 4 N–H and O–H groups in total. The zero-order chi connectivity index (χ0) is 24.5. The Morgan fingerprint density at radius 1 is 1.21 bits per heavy atom. The molecule has 0 aliphatic carbocycles. The molecule has 0 radical (unpaired) electrons. The lowest BCUT2D eigenvalue weighted by atomic mass is 9.97. The molecule has 14 heteroatoms. The maximum atomic E-state index is 12.8. The van der Waals surface area contributed by atoms with E-state index in [0.29, 0.717) is 0 Å². The quantitative estimate of drug-likeness (QED) is 0.318. The molecule has 178 valence electrons. The zero-order valence-electron chi connectivity index (χ0n) is 16.9. The van der Waals surface area contributed by atoms with Gasteiger partial charge >= 0.3 is 11.6 Å². The van der Waals surface area contributed by atoms with Crippen molar-refractivity contribution < 1.29 is 42.0 Å². The summed E-state index contributed by atoms with van der Waals surface area (Å²) in [6.45, 7) is 0.0154. The van der Waals surface area contributed by atoms with Gasteiger partial charge in [0.15, 0.2) is 0 Å². The number of carboxylic acid groups (broad SMARTS) is 1. The average Bonchev–Trinajstić information content (AvgIpc) is 2.72. The number of benzene rings is 1. The molecule has 3 rings (SSSR count). The summed E-state index contributed by atoms with van der Waals surface area (Å²) in [6.07, 6.45) is 0.269. The van der Waals surface area contributed by atoms with Crippen LogP contribution in [0.3, 0.4) is 0 Å². The van der Waals surface area contributed by atoms with Gasteiger partial charge in [-0.3, -0.25) is 18.9 Å². The van der Waals surface area contributed by atoms with E-state index in [4.69, 9.17) is 21.1 Å². The van der Waals surface area contributed by atoms with Crippen molar-refractivity contribution in [1.29, 1.82) is 0 Å². The molecular weight excluding hydrogens is 484 g/mol. The second-order valence-corrected chi connectivity index (χ2v) is 9.41. The van der Waals surface area contributed by atoms with Crippen molar-refractivity contribution in [1.82, 2.24) is 10.2 Å². The number of aliphatic carboxylic acids is 1. The van der Waals surface area contributed by atoms with E-state index >= 15 is 0 Å². The van der Waals surface area contributed by atoms with Crippen LogP contribution in [0.1, 0.15) is 23.2 Å². The lowest BCUT2D eigenvalue weighted by Gasteiger charge is -2.32. The minimum absolute atomic E-state index is 0.00769. The summed E-state index contributed by atoms with van der Waals surface area (Å²) in [5.41, 5.74) is -1.76. The Morgan fingerprint density at radius 2 is 1.85 bits per heavy atom. The van der Waals surface area contributed by atoms with Crippen LogP contribution in [0, 0.1) is 5.92 Å². The maximum absolute atomic E-state index is 12.8. The van der Waals surface area contributed by atoms with Gasteiger partial charge in [0.2, 0.25) is 5.91 Å². The SMILES string of the molecule is O=C(NC(CS(=O)(=O)O)C(=O)N1CCC(C(=O)O)CC1)c1cc2cc(Cl)c(O)cc2oc1=O. The van der Waals surface area contributed by atoms with Crippen LogP contribution in [-0.4, -0.2) is 70.8 Å². The molecule has 2 aromatic rings. The highest BCUT2D eigenvalue weighted by Gasteiger charge is 2.34. The highest BCUT2D eigenvalue weighted by atomic mass is 35.5. The summed E-state index contributed by atoms with van der Waals surface area (Å²) in [7, 11) is -4.72. The van der Waals surface area contributed by atoms with Gasteiger partial charge in [0.1, 0.15) is 28.7 Å². The van der Waals surface area contributed by atoms with Crippen molar-refractivity contribution in [3.05, 3.63) is 39.2 Å². The van der Waals surface area contributed by atoms with Gasteiger partial charge in [-0.2, -0.15) is 8.42 Å². The first kappa shape index (κ1) is 24.5. The number of hydrogen-bond acceptors (Lipinski definition) is 8. The van der Waals surface area contributed by atoms with Gasteiger partial charge < -0.3 is 24.8 Å². The van der Waals surface area contributed by atoms with E-state index in [9.17, 15) is 37.3 Å². The summed E-state index contributed by atoms with van der Waals surface area (Å²) in [4.78, 5) is 50.1. The lowest BCUT2D eigenvalue weighted by Crippen LogP contribution is -2.54. The molecule has 1 aliphatic rings. The molecule has 33 heavy (non-hydrogen) atoms. The number of hydrogen-bond donors (Lipinski definition) is 4. The van der Waals surface area contributed by atoms with Crippen molar-refractivity contribution in [2.75, 3.05) is 18.8 Å². The summed E-state index contributed by atoms with van der Waals surface area (Å²) in [5, 5.41) is 20.9. The van der Waals surface area contributed by atoms with Gasteiger partial charge in [-0.05, 0) is 25.0 Å². The number of phenolic OH excluding ortho intramolecular Hbond substituents is 1. The third-order valence-electron chi connectivity index (χ3n) is 5.18. The molecule has 1 fully saturated rings. The van der Waals surface area contributed by atoms with Crippen molar-refractivity contribution >= 4 is 50.5 Å². The number of halogens is 1. The van der Waals surface area contributed by atoms with E-state index in [1.165, 1.54) is 11.0 Å². The fourth-order valence-electron chi connectivity index (χ4n) is 3.48. The van der Waals surface area contributed by atoms with Gasteiger partial charge in [0.25, 0.3) is 16.0 Å². The second-order valence-electron chi connectivity index (χ2n) is 7.50. The summed E-state index contributed by atoms with van der Waals surface area (Å²) in [5.74, 6) is -5.18. The van der Waals surface area contributed by atoms with Crippen LogP contribution in [0.5, 0.6) is 5.75 Å². The largest absolute Gasteiger partial charge is 0.506 e. The maximum Gasteiger partial charge on any atom is 0.349 e. The molecule has 0 spiro atoms. The topological polar surface area (TPSA) is 192 Å². The minimum Gasteiger partial charge on any atom is -0.506 e. The third-order valence-corrected chi connectivity index (χ3v) is 6.24. The smallest absolute Gasteiger partial charge is 0.349 e. The number of rotatable bonds is 6. The van der Waals surface area contributed by atoms with Gasteiger partial charge in [0.05, 0.1) is 10.9 Å². The van der Waals surface area contributed by atoms with Crippen LogP contribution in [0.15, 0.2) is 27.4 Å². The number of amides is 2. The summed E-state index contributed by atoms with van der Waals surface area (Å²) in [6, 6.07) is 1.66. The molecule has 1 aromatic heterocycles. The van der Waals surface area contributed by atoms with Gasteiger partial charge in [-0.25, -0.2) is 4.79 Å². The number of carbonyl (C=O) groups excluding carboxylic acids is 2. The third kappa shape index (κ3) is 5.80. The van der Waals surface area contributed by atoms with Crippen LogP contribution in [0.2, 0.25) is 5.02 Å². The Kier molecular flexibility index (Phi) is 6.95. The second kappa shape index (κ2) is 9.37. The van der Waals surface area contributed by atoms with Crippen LogP contribution in [0.25, 0.3) is 11.0 Å². The number of nitrogens with one attached hydrogen (secondary N) is 1. The van der Waals surface area contributed by atoms with E-state index in [1.807, 2.05) is 0 Å². The van der Waals surface area contributed by atoms with Crippen LogP contribution < -0.4 is 10.9 Å². The average molecular weight is 503 g/mol. The molecule has 2 amide bonds.